The fraction of sp³-hybridized carbons (Fsp3) is 0.182. The summed E-state index contributed by atoms with van der Waals surface area (Å²) in [5.74, 6) is 1.37. The monoisotopic (exact) mass is 426 g/mol. The van der Waals surface area contributed by atoms with Crippen molar-refractivity contribution in [3.63, 3.8) is 0 Å². The van der Waals surface area contributed by atoms with Crippen molar-refractivity contribution in [2.75, 3.05) is 12.0 Å². The smallest absolute Gasteiger partial charge is 0.233 e. The first kappa shape index (κ1) is 19.5. The minimum absolute atomic E-state index is 0.0700. The van der Waals surface area contributed by atoms with E-state index in [0.717, 1.165) is 27.1 Å². The summed E-state index contributed by atoms with van der Waals surface area (Å²) in [4.78, 5) is 19.6. The lowest BCUT2D eigenvalue weighted by Crippen LogP contribution is -2.31. The lowest BCUT2D eigenvalue weighted by atomic mass is 10.1. The molecule has 0 atom stereocenters. The Bertz CT molecular complexity index is 1100. The summed E-state index contributed by atoms with van der Waals surface area (Å²) in [6.07, 6.45) is 1.84. The van der Waals surface area contributed by atoms with Gasteiger partial charge >= 0.3 is 0 Å². The first-order chi connectivity index (χ1) is 14.0. The lowest BCUT2D eigenvalue weighted by Gasteiger charge is -2.19. The standard InChI is InChI=1S/C22H19ClN2O3S/c1-14-5-10-18(23)21-20(14)24-22(29-21)25(13-17-4-3-11-28-17)19(26)12-15-6-8-16(27-2)9-7-15/h3-11H,12-13H2,1-2H3. The largest absolute Gasteiger partial charge is 0.497 e. The van der Waals surface area contributed by atoms with E-state index in [1.54, 1.807) is 24.3 Å². The molecular weight excluding hydrogens is 408 g/mol. The van der Waals surface area contributed by atoms with Gasteiger partial charge in [-0.2, -0.15) is 0 Å². The third kappa shape index (κ3) is 4.13. The van der Waals surface area contributed by atoms with Crippen molar-refractivity contribution in [3.8, 4) is 5.75 Å². The number of furan rings is 1. The Morgan fingerprint density at radius 3 is 2.66 bits per heavy atom. The summed E-state index contributed by atoms with van der Waals surface area (Å²) in [5.41, 5.74) is 2.74. The van der Waals surface area contributed by atoms with Crippen LogP contribution in [0.3, 0.4) is 0 Å². The average Bonchev–Trinajstić information content (AvgIpc) is 3.40. The first-order valence-electron chi connectivity index (χ1n) is 9.06. The van der Waals surface area contributed by atoms with E-state index >= 15 is 0 Å². The van der Waals surface area contributed by atoms with E-state index in [1.165, 1.54) is 11.3 Å². The van der Waals surface area contributed by atoms with Crippen molar-refractivity contribution < 1.29 is 13.9 Å². The second-order valence-electron chi connectivity index (χ2n) is 6.62. The first-order valence-corrected chi connectivity index (χ1v) is 10.3. The van der Waals surface area contributed by atoms with E-state index in [9.17, 15) is 4.79 Å². The van der Waals surface area contributed by atoms with Gasteiger partial charge in [0.1, 0.15) is 11.5 Å². The van der Waals surface area contributed by atoms with Crippen LogP contribution in [0.5, 0.6) is 5.75 Å². The third-order valence-corrected chi connectivity index (χ3v) is 6.17. The molecule has 0 saturated heterocycles. The number of halogens is 1. The Hall–Kier alpha value is -2.83. The second-order valence-corrected chi connectivity index (χ2v) is 8.01. The zero-order valence-electron chi connectivity index (χ0n) is 16.0. The number of rotatable bonds is 6. The molecule has 0 aliphatic rings. The molecular formula is C22H19ClN2O3S. The van der Waals surface area contributed by atoms with Gasteiger partial charge in [-0.3, -0.25) is 9.69 Å². The molecule has 0 unspecified atom stereocenters. The van der Waals surface area contributed by atoms with E-state index in [-0.39, 0.29) is 12.3 Å². The van der Waals surface area contributed by atoms with Gasteiger partial charge in [-0.05, 0) is 48.4 Å². The number of carbonyl (C=O) groups is 1. The SMILES string of the molecule is COc1ccc(CC(=O)N(Cc2ccco2)c2nc3c(C)ccc(Cl)c3s2)cc1. The maximum atomic E-state index is 13.2. The highest BCUT2D eigenvalue weighted by Crippen LogP contribution is 2.36. The number of aromatic nitrogens is 1. The highest BCUT2D eigenvalue weighted by Gasteiger charge is 2.22. The summed E-state index contributed by atoms with van der Waals surface area (Å²) in [7, 11) is 1.62. The van der Waals surface area contributed by atoms with Crippen LogP contribution in [0.1, 0.15) is 16.9 Å². The Morgan fingerprint density at radius 2 is 2.00 bits per heavy atom. The van der Waals surface area contributed by atoms with Crippen molar-refractivity contribution in [3.05, 3.63) is 76.7 Å². The van der Waals surface area contributed by atoms with E-state index in [1.807, 2.05) is 49.4 Å². The summed E-state index contributed by atoms with van der Waals surface area (Å²) in [6.45, 7) is 2.29. The number of benzene rings is 2. The van der Waals surface area contributed by atoms with Crippen molar-refractivity contribution >= 4 is 44.2 Å². The van der Waals surface area contributed by atoms with Gasteiger partial charge in [-0.1, -0.05) is 41.1 Å². The molecule has 4 aromatic rings. The Balaban J connectivity index is 1.68. The normalized spacial score (nSPS) is 11.0. The minimum Gasteiger partial charge on any atom is -0.497 e. The molecule has 0 N–H and O–H groups in total. The second kappa shape index (κ2) is 8.27. The van der Waals surface area contributed by atoms with Crippen LogP contribution < -0.4 is 9.64 Å². The van der Waals surface area contributed by atoms with Gasteiger partial charge in [0.25, 0.3) is 0 Å². The van der Waals surface area contributed by atoms with Gasteiger partial charge in [0.15, 0.2) is 5.13 Å². The van der Waals surface area contributed by atoms with Crippen LogP contribution in [0.25, 0.3) is 10.2 Å². The highest BCUT2D eigenvalue weighted by atomic mass is 35.5. The fourth-order valence-electron chi connectivity index (χ4n) is 3.04. The predicted octanol–water partition coefficient (Wildman–Crippen LogP) is 5.64. The molecule has 7 heteroatoms. The predicted molar refractivity (Wildman–Crippen MR) is 116 cm³/mol. The topological polar surface area (TPSA) is 55.6 Å². The summed E-state index contributed by atoms with van der Waals surface area (Å²) in [5, 5.41) is 1.24. The Labute approximate surface area is 177 Å². The Kier molecular flexibility index (Phi) is 5.56. The number of hydrogen-bond acceptors (Lipinski definition) is 5. The van der Waals surface area contributed by atoms with Gasteiger partial charge in [0.2, 0.25) is 5.91 Å². The van der Waals surface area contributed by atoms with Crippen molar-refractivity contribution in [2.24, 2.45) is 0 Å². The number of fused-ring (bicyclic) bond motifs is 1. The molecule has 0 radical (unpaired) electrons. The molecule has 29 heavy (non-hydrogen) atoms. The fourth-order valence-corrected chi connectivity index (χ4v) is 4.37. The van der Waals surface area contributed by atoms with Gasteiger partial charge in [0, 0.05) is 0 Å². The molecule has 0 fully saturated rings. The van der Waals surface area contributed by atoms with Gasteiger partial charge in [0.05, 0.1) is 41.6 Å². The van der Waals surface area contributed by atoms with Gasteiger partial charge in [-0.25, -0.2) is 4.98 Å². The van der Waals surface area contributed by atoms with E-state index in [2.05, 4.69) is 0 Å². The molecule has 0 saturated carbocycles. The number of nitrogens with zero attached hydrogens (tertiary/aromatic N) is 2. The molecule has 2 aromatic carbocycles. The zero-order chi connectivity index (χ0) is 20.4. The molecule has 0 aliphatic heterocycles. The molecule has 148 valence electrons. The maximum absolute atomic E-state index is 13.2. The van der Waals surface area contributed by atoms with Crippen molar-refractivity contribution in [1.82, 2.24) is 4.98 Å². The number of anilines is 1. The van der Waals surface area contributed by atoms with Crippen molar-refractivity contribution in [1.29, 1.82) is 0 Å². The maximum Gasteiger partial charge on any atom is 0.233 e. The minimum atomic E-state index is -0.0700. The van der Waals surface area contributed by atoms with E-state index in [0.29, 0.717) is 22.5 Å². The number of amides is 1. The van der Waals surface area contributed by atoms with Crippen LogP contribution >= 0.6 is 22.9 Å². The number of ether oxygens (including phenoxy) is 1. The number of carbonyl (C=O) groups excluding carboxylic acids is 1. The molecule has 5 nitrogen and oxygen atoms in total. The average molecular weight is 427 g/mol. The van der Waals surface area contributed by atoms with Crippen LogP contribution in [0, 0.1) is 6.92 Å². The van der Waals surface area contributed by atoms with E-state index < -0.39 is 0 Å². The number of methoxy groups -OCH3 is 1. The van der Waals surface area contributed by atoms with Crippen LogP contribution in [0.2, 0.25) is 5.02 Å². The van der Waals surface area contributed by atoms with E-state index in [4.69, 9.17) is 25.7 Å². The molecule has 0 aliphatic carbocycles. The molecule has 2 aromatic heterocycles. The molecule has 4 rings (SSSR count). The summed E-state index contributed by atoms with van der Waals surface area (Å²) in [6, 6.07) is 14.9. The quantitative estimate of drug-likeness (QED) is 0.400. The number of thiazole rings is 1. The number of aryl methyl sites for hydroxylation is 1. The number of hydrogen-bond donors (Lipinski definition) is 0. The van der Waals surface area contributed by atoms with Gasteiger partial charge in [-0.15, -0.1) is 0 Å². The van der Waals surface area contributed by atoms with Crippen LogP contribution in [0.15, 0.2) is 59.2 Å². The highest BCUT2D eigenvalue weighted by molar-refractivity contribution is 7.23. The summed E-state index contributed by atoms with van der Waals surface area (Å²) >= 11 is 7.78. The Morgan fingerprint density at radius 1 is 1.21 bits per heavy atom. The van der Waals surface area contributed by atoms with Crippen LogP contribution in [-0.2, 0) is 17.8 Å². The molecule has 0 bridgehead atoms. The molecule has 2 heterocycles. The zero-order valence-corrected chi connectivity index (χ0v) is 17.6. The van der Waals surface area contributed by atoms with Crippen molar-refractivity contribution in [2.45, 2.75) is 19.9 Å². The summed E-state index contributed by atoms with van der Waals surface area (Å²) < 4.78 is 11.5. The van der Waals surface area contributed by atoms with Crippen LogP contribution in [0.4, 0.5) is 5.13 Å². The van der Waals surface area contributed by atoms with Crippen LogP contribution in [-0.4, -0.2) is 18.0 Å². The third-order valence-electron chi connectivity index (χ3n) is 4.63. The lowest BCUT2D eigenvalue weighted by molar-refractivity contribution is -0.118. The molecule has 1 amide bonds. The van der Waals surface area contributed by atoms with Gasteiger partial charge < -0.3 is 9.15 Å². The molecule has 0 spiro atoms.